The fourth-order valence-corrected chi connectivity index (χ4v) is 5.69. The predicted octanol–water partition coefficient (Wildman–Crippen LogP) is 3.62. The van der Waals surface area contributed by atoms with Crippen LogP contribution < -0.4 is 15.0 Å². The first-order valence-corrected chi connectivity index (χ1v) is 14.0. The molecule has 4 atom stereocenters. The SMILES string of the molecule is COc1ccc(CN2C3CC2CN(c2ccc(-c4cc(NCC(P)P)cn5ncc(C#N)c45)cn2)C3)cn1. The maximum Gasteiger partial charge on any atom is 0.212 e. The summed E-state index contributed by atoms with van der Waals surface area (Å²) in [6.45, 7) is 3.62. The van der Waals surface area contributed by atoms with Gasteiger partial charge in [0, 0.05) is 73.2 Å². The molecule has 4 aromatic rings. The highest BCUT2D eigenvalue weighted by molar-refractivity contribution is 7.37. The number of anilines is 2. The Morgan fingerprint density at radius 1 is 1.13 bits per heavy atom. The van der Waals surface area contributed by atoms with E-state index in [0.29, 0.717) is 28.9 Å². The van der Waals surface area contributed by atoms with Gasteiger partial charge in [0.05, 0.1) is 36.3 Å². The Morgan fingerprint density at radius 2 is 1.97 bits per heavy atom. The molecule has 7 rings (SSSR count). The average molecular weight is 545 g/mol. The zero-order chi connectivity index (χ0) is 26.2. The van der Waals surface area contributed by atoms with E-state index in [2.05, 4.69) is 74.0 Å². The molecule has 11 heteroatoms. The van der Waals surface area contributed by atoms with Crippen molar-refractivity contribution < 1.29 is 4.74 Å². The minimum atomic E-state index is 0.349. The summed E-state index contributed by atoms with van der Waals surface area (Å²) in [5.74, 6) is 1.63. The molecule has 0 aromatic carbocycles. The average Bonchev–Trinajstić information content (AvgIpc) is 3.38. The van der Waals surface area contributed by atoms with Gasteiger partial charge in [-0.05, 0) is 30.2 Å². The molecule has 0 spiro atoms. The fraction of sp³-hybridized carbons (Fsp3) is 0.333. The van der Waals surface area contributed by atoms with E-state index in [-0.39, 0.29) is 0 Å². The minimum absolute atomic E-state index is 0.349. The molecule has 3 aliphatic rings. The molecular formula is C27H30N8OP2. The number of nitrogens with one attached hydrogen (secondary N) is 1. The lowest BCUT2D eigenvalue weighted by atomic mass is 9.87. The zero-order valence-corrected chi connectivity index (χ0v) is 23.5. The molecule has 0 aliphatic carbocycles. The van der Waals surface area contributed by atoms with Crippen LogP contribution >= 0.6 is 18.5 Å². The quantitative estimate of drug-likeness (QED) is 0.336. The molecule has 3 aliphatic heterocycles. The lowest BCUT2D eigenvalue weighted by Gasteiger charge is -2.56. The molecule has 0 radical (unpaired) electrons. The van der Waals surface area contributed by atoms with Crippen molar-refractivity contribution in [3.63, 3.8) is 0 Å². The molecule has 0 saturated carbocycles. The van der Waals surface area contributed by atoms with E-state index in [1.807, 2.05) is 24.7 Å². The number of piperazine rings is 1. The number of hydrogen-bond donors (Lipinski definition) is 1. The Kier molecular flexibility index (Phi) is 6.88. The number of aromatic nitrogens is 4. The largest absolute Gasteiger partial charge is 0.481 e. The summed E-state index contributed by atoms with van der Waals surface area (Å²) in [4.78, 5) is 14.2. The first kappa shape index (κ1) is 25.0. The molecule has 7 heterocycles. The van der Waals surface area contributed by atoms with Crippen LogP contribution in [0.2, 0.25) is 0 Å². The van der Waals surface area contributed by atoms with Crippen LogP contribution in [0.25, 0.3) is 16.6 Å². The summed E-state index contributed by atoms with van der Waals surface area (Å²) >= 11 is 0. The van der Waals surface area contributed by atoms with Crippen LogP contribution in [-0.2, 0) is 6.54 Å². The van der Waals surface area contributed by atoms with Gasteiger partial charge in [0.2, 0.25) is 5.88 Å². The summed E-state index contributed by atoms with van der Waals surface area (Å²) in [5, 5.41) is 17.9. The predicted molar refractivity (Wildman–Crippen MR) is 156 cm³/mol. The normalized spacial score (nSPS) is 18.9. The van der Waals surface area contributed by atoms with Crippen LogP contribution in [0.3, 0.4) is 0 Å². The topological polar surface area (TPSA) is 94.6 Å². The Labute approximate surface area is 226 Å². The maximum absolute atomic E-state index is 9.66. The van der Waals surface area contributed by atoms with Crippen LogP contribution in [0, 0.1) is 11.3 Å². The van der Waals surface area contributed by atoms with Gasteiger partial charge in [-0.25, -0.2) is 14.5 Å². The molecule has 3 saturated heterocycles. The summed E-state index contributed by atoms with van der Waals surface area (Å²) < 4.78 is 6.95. The second kappa shape index (κ2) is 10.5. The van der Waals surface area contributed by atoms with Crippen molar-refractivity contribution in [1.29, 1.82) is 5.26 Å². The van der Waals surface area contributed by atoms with E-state index in [1.54, 1.807) is 17.8 Å². The molecule has 3 fully saturated rings. The Morgan fingerprint density at radius 3 is 2.63 bits per heavy atom. The Balaban J connectivity index is 1.19. The first-order valence-electron chi connectivity index (χ1n) is 12.6. The molecule has 9 nitrogen and oxygen atoms in total. The summed E-state index contributed by atoms with van der Waals surface area (Å²) in [7, 11) is 7.17. The first-order chi connectivity index (χ1) is 18.5. The molecule has 4 unspecified atom stereocenters. The van der Waals surface area contributed by atoms with E-state index in [4.69, 9.17) is 9.72 Å². The van der Waals surface area contributed by atoms with Crippen molar-refractivity contribution in [3.8, 4) is 23.1 Å². The highest BCUT2D eigenvalue weighted by Crippen LogP contribution is 2.36. The van der Waals surface area contributed by atoms with Gasteiger partial charge in [-0.3, -0.25) is 4.90 Å². The lowest BCUT2D eigenvalue weighted by molar-refractivity contribution is -0.00876. The van der Waals surface area contributed by atoms with Crippen molar-refractivity contribution in [1.82, 2.24) is 24.5 Å². The van der Waals surface area contributed by atoms with Crippen molar-refractivity contribution in [2.75, 3.05) is 37.0 Å². The zero-order valence-electron chi connectivity index (χ0n) is 21.2. The van der Waals surface area contributed by atoms with E-state index >= 15 is 0 Å². The van der Waals surface area contributed by atoms with Crippen LogP contribution in [0.4, 0.5) is 11.5 Å². The van der Waals surface area contributed by atoms with Crippen LogP contribution in [0.1, 0.15) is 17.5 Å². The highest BCUT2D eigenvalue weighted by Gasteiger charge is 2.44. The smallest absolute Gasteiger partial charge is 0.212 e. The molecule has 4 aromatic heterocycles. The van der Waals surface area contributed by atoms with Crippen molar-refractivity contribution >= 4 is 35.5 Å². The molecule has 2 bridgehead atoms. The van der Waals surface area contributed by atoms with Gasteiger partial charge in [-0.2, -0.15) is 10.4 Å². The number of rotatable bonds is 8. The van der Waals surface area contributed by atoms with Gasteiger partial charge in [-0.15, -0.1) is 18.5 Å². The van der Waals surface area contributed by atoms with Crippen LogP contribution in [-0.4, -0.2) is 68.7 Å². The standard InChI is InChI=1S/C27H30N8OP2/c1-36-25-5-2-17(9-31-25)13-34-21-7-22(34)16-33(15-21)24-4-3-18(10-30-24)23-6-20(29-12-26(37)38)14-35-27(23)19(8-28)11-32-35/h2-6,9-11,14,21-22,26,29H,7,12-13,15-16,37-38H2,1H3. The summed E-state index contributed by atoms with van der Waals surface area (Å²) in [6, 6.07) is 13.6. The van der Waals surface area contributed by atoms with Crippen LogP contribution in [0.15, 0.2) is 55.1 Å². The van der Waals surface area contributed by atoms with Crippen molar-refractivity contribution in [3.05, 3.63) is 66.2 Å². The molecule has 1 N–H and O–H groups in total. The van der Waals surface area contributed by atoms with E-state index in [9.17, 15) is 5.26 Å². The summed E-state index contributed by atoms with van der Waals surface area (Å²) in [5.41, 5.74) is 5.40. The fourth-order valence-electron chi connectivity index (χ4n) is 5.46. The summed E-state index contributed by atoms with van der Waals surface area (Å²) in [6.07, 6.45) is 8.59. The van der Waals surface area contributed by atoms with Crippen molar-refractivity contribution in [2.45, 2.75) is 30.4 Å². The number of nitriles is 1. The third kappa shape index (κ3) is 4.80. The third-order valence-corrected chi connectivity index (χ3v) is 7.84. The Bertz CT molecular complexity index is 1470. The van der Waals surface area contributed by atoms with E-state index in [0.717, 1.165) is 54.3 Å². The van der Waals surface area contributed by atoms with Gasteiger partial charge in [0.15, 0.2) is 0 Å². The maximum atomic E-state index is 9.66. The number of pyridine rings is 3. The number of hydrogen-bond acceptors (Lipinski definition) is 8. The molecule has 194 valence electrons. The van der Waals surface area contributed by atoms with Gasteiger partial charge in [0.25, 0.3) is 0 Å². The van der Waals surface area contributed by atoms with E-state index < -0.39 is 0 Å². The minimum Gasteiger partial charge on any atom is -0.481 e. The monoisotopic (exact) mass is 544 g/mol. The second-order valence-corrected chi connectivity index (χ2v) is 12.4. The molecular weight excluding hydrogens is 514 g/mol. The second-order valence-electron chi connectivity index (χ2n) is 9.88. The van der Waals surface area contributed by atoms with E-state index in [1.165, 1.54) is 12.0 Å². The van der Waals surface area contributed by atoms with Crippen molar-refractivity contribution in [2.24, 2.45) is 0 Å². The van der Waals surface area contributed by atoms with Gasteiger partial charge in [0.1, 0.15) is 11.9 Å². The third-order valence-electron chi connectivity index (χ3n) is 7.37. The molecule has 0 amide bonds. The number of fused-ring (bicyclic) bond motifs is 3. The number of nitrogens with zero attached hydrogens (tertiary/aromatic N) is 7. The van der Waals surface area contributed by atoms with Crippen LogP contribution in [0.5, 0.6) is 5.88 Å². The van der Waals surface area contributed by atoms with Gasteiger partial charge < -0.3 is 15.0 Å². The van der Waals surface area contributed by atoms with Gasteiger partial charge >= 0.3 is 0 Å². The lowest BCUT2D eigenvalue weighted by Crippen LogP contribution is -2.68. The van der Waals surface area contributed by atoms with Gasteiger partial charge in [-0.1, -0.05) is 6.07 Å². The Hall–Kier alpha value is -3.30. The number of ether oxygens (including phenoxy) is 1. The number of piperidine rings is 1. The highest BCUT2D eigenvalue weighted by atomic mass is 31.1. The number of methoxy groups -OCH3 is 1. The molecule has 38 heavy (non-hydrogen) atoms.